The molecular weight excluding hydrogens is 339 g/mol. The lowest BCUT2D eigenvalue weighted by atomic mass is 10.2. The number of aromatic nitrogens is 1. The quantitative estimate of drug-likeness (QED) is 0.706. The number of rotatable bonds is 6. The van der Waals surface area contributed by atoms with Crippen molar-refractivity contribution < 1.29 is 13.9 Å². The van der Waals surface area contributed by atoms with Gasteiger partial charge in [0.25, 0.3) is 0 Å². The molecule has 3 aromatic rings. The second kappa shape index (κ2) is 7.90. The van der Waals surface area contributed by atoms with Crippen molar-refractivity contribution in [1.29, 1.82) is 0 Å². The van der Waals surface area contributed by atoms with Gasteiger partial charge in [0.15, 0.2) is 0 Å². The van der Waals surface area contributed by atoms with Gasteiger partial charge in [-0.3, -0.25) is 4.79 Å². The topological polar surface area (TPSA) is 51.2 Å². The highest BCUT2D eigenvalue weighted by Gasteiger charge is 2.08. The lowest BCUT2D eigenvalue weighted by Gasteiger charge is -2.06. The first-order valence-corrected chi connectivity index (χ1v) is 8.66. The Labute approximate surface area is 149 Å². The van der Waals surface area contributed by atoms with Crippen molar-refractivity contribution >= 4 is 22.9 Å². The highest BCUT2D eigenvalue weighted by Crippen LogP contribution is 2.23. The molecule has 6 heteroatoms. The standard InChI is InChI=1S/C19H17FN2O2S/c1-24-16-4-2-3-15(11-16)21-18(23)9-10-19-22-17(12-25-19)13-5-7-14(20)8-6-13/h2-8,11-12H,9-10H2,1H3,(H,21,23). The molecule has 0 aliphatic heterocycles. The van der Waals surface area contributed by atoms with Gasteiger partial charge in [0.05, 0.1) is 17.8 Å². The Kier molecular flexibility index (Phi) is 5.40. The molecule has 2 aromatic carbocycles. The monoisotopic (exact) mass is 356 g/mol. The summed E-state index contributed by atoms with van der Waals surface area (Å²) < 4.78 is 18.1. The summed E-state index contributed by atoms with van der Waals surface area (Å²) in [4.78, 5) is 16.6. The maximum atomic E-state index is 13.0. The van der Waals surface area contributed by atoms with Crippen LogP contribution in [0.5, 0.6) is 5.75 Å². The molecule has 0 atom stereocenters. The van der Waals surface area contributed by atoms with Crippen LogP contribution in [0.15, 0.2) is 53.9 Å². The minimum absolute atomic E-state index is 0.0771. The molecule has 0 bridgehead atoms. The highest BCUT2D eigenvalue weighted by molar-refractivity contribution is 7.09. The molecule has 0 saturated carbocycles. The van der Waals surface area contributed by atoms with Gasteiger partial charge in [0.1, 0.15) is 11.6 Å². The average Bonchev–Trinajstić information content (AvgIpc) is 3.10. The summed E-state index contributed by atoms with van der Waals surface area (Å²) in [6.45, 7) is 0. The number of halogens is 1. The van der Waals surface area contributed by atoms with E-state index >= 15 is 0 Å². The molecule has 1 aromatic heterocycles. The summed E-state index contributed by atoms with van der Waals surface area (Å²) in [5, 5.41) is 5.64. The Balaban J connectivity index is 1.56. The van der Waals surface area contributed by atoms with Crippen molar-refractivity contribution in [2.24, 2.45) is 0 Å². The number of anilines is 1. The van der Waals surface area contributed by atoms with E-state index in [2.05, 4.69) is 10.3 Å². The first kappa shape index (κ1) is 17.1. The number of benzene rings is 2. The normalized spacial score (nSPS) is 10.5. The summed E-state index contributed by atoms with van der Waals surface area (Å²) in [6.07, 6.45) is 0.898. The Morgan fingerprint density at radius 2 is 2.04 bits per heavy atom. The predicted octanol–water partition coefficient (Wildman–Crippen LogP) is 4.53. The Morgan fingerprint density at radius 3 is 2.80 bits per heavy atom. The number of carbonyl (C=O) groups is 1. The number of hydrogen-bond donors (Lipinski definition) is 1. The predicted molar refractivity (Wildman–Crippen MR) is 97.5 cm³/mol. The van der Waals surface area contributed by atoms with Crippen LogP contribution < -0.4 is 10.1 Å². The number of thiazole rings is 1. The van der Waals surface area contributed by atoms with Gasteiger partial charge in [0, 0.05) is 35.5 Å². The molecule has 0 aliphatic rings. The van der Waals surface area contributed by atoms with Crippen LogP contribution >= 0.6 is 11.3 Å². The maximum absolute atomic E-state index is 13.0. The van der Waals surface area contributed by atoms with Gasteiger partial charge in [-0.2, -0.15) is 0 Å². The zero-order chi connectivity index (χ0) is 17.6. The second-order valence-corrected chi connectivity index (χ2v) is 6.36. The van der Waals surface area contributed by atoms with E-state index in [0.29, 0.717) is 24.3 Å². The van der Waals surface area contributed by atoms with Gasteiger partial charge in [-0.05, 0) is 36.4 Å². The number of nitrogens with one attached hydrogen (secondary N) is 1. The van der Waals surface area contributed by atoms with Gasteiger partial charge in [-0.15, -0.1) is 11.3 Å². The largest absolute Gasteiger partial charge is 0.497 e. The molecule has 0 radical (unpaired) electrons. The van der Waals surface area contributed by atoms with Gasteiger partial charge in [0.2, 0.25) is 5.91 Å². The van der Waals surface area contributed by atoms with Crippen molar-refractivity contribution in [1.82, 2.24) is 4.98 Å². The number of amides is 1. The third-order valence-electron chi connectivity index (χ3n) is 3.61. The van der Waals surface area contributed by atoms with E-state index < -0.39 is 0 Å². The fraction of sp³-hybridized carbons (Fsp3) is 0.158. The minimum Gasteiger partial charge on any atom is -0.497 e. The number of methoxy groups -OCH3 is 1. The molecule has 4 nitrogen and oxygen atoms in total. The van der Waals surface area contributed by atoms with Gasteiger partial charge >= 0.3 is 0 Å². The molecule has 128 valence electrons. The molecule has 25 heavy (non-hydrogen) atoms. The van der Waals surface area contributed by atoms with E-state index in [9.17, 15) is 9.18 Å². The summed E-state index contributed by atoms with van der Waals surface area (Å²) in [5.74, 6) is 0.349. The fourth-order valence-corrected chi connectivity index (χ4v) is 3.13. The van der Waals surface area contributed by atoms with E-state index in [1.807, 2.05) is 23.6 Å². The van der Waals surface area contributed by atoms with Crippen LogP contribution in [0.2, 0.25) is 0 Å². The molecule has 0 unspecified atom stereocenters. The van der Waals surface area contributed by atoms with Crippen molar-refractivity contribution in [3.8, 4) is 17.0 Å². The van der Waals surface area contributed by atoms with Crippen molar-refractivity contribution in [3.05, 3.63) is 64.7 Å². The summed E-state index contributed by atoms with van der Waals surface area (Å²) >= 11 is 1.50. The average molecular weight is 356 g/mol. The fourth-order valence-electron chi connectivity index (χ4n) is 2.32. The van der Waals surface area contributed by atoms with Crippen LogP contribution in [0.1, 0.15) is 11.4 Å². The van der Waals surface area contributed by atoms with Crippen LogP contribution in [0, 0.1) is 5.82 Å². The SMILES string of the molecule is COc1cccc(NC(=O)CCc2nc(-c3ccc(F)cc3)cs2)c1. The second-order valence-electron chi connectivity index (χ2n) is 5.41. The van der Waals surface area contributed by atoms with Gasteiger partial charge in [-0.1, -0.05) is 6.07 Å². The summed E-state index contributed by atoms with van der Waals surface area (Å²) in [7, 11) is 1.59. The summed E-state index contributed by atoms with van der Waals surface area (Å²) in [6, 6.07) is 13.5. The van der Waals surface area contributed by atoms with Gasteiger partial charge in [-0.25, -0.2) is 9.37 Å². The molecular formula is C19H17FN2O2S. The van der Waals surface area contributed by atoms with Crippen LogP contribution in [0.3, 0.4) is 0 Å². The van der Waals surface area contributed by atoms with Crippen molar-refractivity contribution in [2.75, 3.05) is 12.4 Å². The smallest absolute Gasteiger partial charge is 0.224 e. The van der Waals surface area contributed by atoms with Gasteiger partial charge < -0.3 is 10.1 Å². The molecule has 0 aliphatic carbocycles. The van der Waals surface area contributed by atoms with E-state index in [1.54, 1.807) is 25.3 Å². The van der Waals surface area contributed by atoms with Crippen LogP contribution in [0.4, 0.5) is 10.1 Å². The molecule has 3 rings (SSSR count). The minimum atomic E-state index is -0.270. The molecule has 1 heterocycles. The Hall–Kier alpha value is -2.73. The molecule has 0 saturated heterocycles. The molecule has 1 N–H and O–H groups in total. The van der Waals surface area contributed by atoms with E-state index in [-0.39, 0.29) is 11.7 Å². The first-order chi connectivity index (χ1) is 12.1. The van der Waals surface area contributed by atoms with Crippen LogP contribution in [-0.4, -0.2) is 18.0 Å². The number of ether oxygens (including phenoxy) is 1. The van der Waals surface area contributed by atoms with E-state index in [4.69, 9.17) is 4.74 Å². The van der Waals surface area contributed by atoms with E-state index in [1.165, 1.54) is 23.5 Å². The lowest BCUT2D eigenvalue weighted by Crippen LogP contribution is -2.12. The van der Waals surface area contributed by atoms with E-state index in [0.717, 1.165) is 16.3 Å². The third kappa shape index (κ3) is 4.64. The Morgan fingerprint density at radius 1 is 1.24 bits per heavy atom. The molecule has 0 spiro atoms. The number of carbonyl (C=O) groups excluding carboxylic acids is 1. The zero-order valence-electron chi connectivity index (χ0n) is 13.7. The highest BCUT2D eigenvalue weighted by atomic mass is 32.1. The maximum Gasteiger partial charge on any atom is 0.224 e. The van der Waals surface area contributed by atoms with Crippen LogP contribution in [0.25, 0.3) is 11.3 Å². The van der Waals surface area contributed by atoms with Crippen molar-refractivity contribution in [2.45, 2.75) is 12.8 Å². The third-order valence-corrected chi connectivity index (χ3v) is 4.52. The molecule has 0 fully saturated rings. The lowest BCUT2D eigenvalue weighted by molar-refractivity contribution is -0.116. The molecule has 1 amide bonds. The summed E-state index contributed by atoms with van der Waals surface area (Å²) in [5.41, 5.74) is 2.37. The Bertz CT molecular complexity index is 862. The van der Waals surface area contributed by atoms with Crippen molar-refractivity contribution in [3.63, 3.8) is 0 Å². The zero-order valence-corrected chi connectivity index (χ0v) is 14.5. The first-order valence-electron chi connectivity index (χ1n) is 7.78. The number of nitrogens with zero attached hydrogens (tertiary/aromatic N) is 1. The number of aryl methyl sites for hydroxylation is 1. The number of hydrogen-bond acceptors (Lipinski definition) is 4. The van der Waals surface area contributed by atoms with Crippen LogP contribution in [-0.2, 0) is 11.2 Å².